The monoisotopic (exact) mass is 300 g/mol. The van der Waals surface area contributed by atoms with Gasteiger partial charge in [-0.2, -0.15) is 0 Å². The first kappa shape index (κ1) is 15.7. The number of carbonyl (C=O) groups is 1. The molecule has 0 bridgehead atoms. The van der Waals surface area contributed by atoms with Crippen molar-refractivity contribution in [3.05, 3.63) is 28.8 Å². The highest BCUT2D eigenvalue weighted by Crippen LogP contribution is 2.22. The highest BCUT2D eigenvalue weighted by atomic mass is 35.5. The van der Waals surface area contributed by atoms with E-state index in [-0.39, 0.29) is 0 Å². The summed E-state index contributed by atoms with van der Waals surface area (Å²) in [7, 11) is 0. The molecule has 0 saturated heterocycles. The van der Waals surface area contributed by atoms with E-state index in [9.17, 15) is 4.79 Å². The van der Waals surface area contributed by atoms with Crippen LogP contribution in [-0.2, 0) is 11.2 Å². The molecule has 3 N–H and O–H groups in total. The summed E-state index contributed by atoms with van der Waals surface area (Å²) in [5.74, 6) is 0. The van der Waals surface area contributed by atoms with Gasteiger partial charge in [-0.1, -0.05) is 23.8 Å². The molecule has 19 heavy (non-hydrogen) atoms. The number of anilines is 1. The summed E-state index contributed by atoms with van der Waals surface area (Å²) in [5.41, 5.74) is 6.31. The van der Waals surface area contributed by atoms with Crippen LogP contribution in [0, 0.1) is 0 Å². The van der Waals surface area contributed by atoms with E-state index < -0.39 is 11.7 Å². The average Bonchev–Trinajstić information content (AvgIpc) is 2.18. The number of benzene rings is 1. The topological polar surface area (TPSA) is 64.3 Å². The maximum atomic E-state index is 11.7. The smallest absolute Gasteiger partial charge is 0.412 e. The number of thiocarbonyl (C=S) groups is 1. The van der Waals surface area contributed by atoms with Gasteiger partial charge >= 0.3 is 6.09 Å². The zero-order chi connectivity index (χ0) is 14.6. The van der Waals surface area contributed by atoms with Gasteiger partial charge in [0.15, 0.2) is 0 Å². The minimum absolute atomic E-state index is 0.328. The Bertz CT molecular complexity index is 498. The molecular formula is C13H17ClN2O2S. The predicted octanol–water partition coefficient (Wildman–Crippen LogP) is 3.52. The Balaban J connectivity index is 2.88. The van der Waals surface area contributed by atoms with Crippen molar-refractivity contribution in [2.24, 2.45) is 5.73 Å². The Morgan fingerprint density at radius 1 is 1.47 bits per heavy atom. The summed E-state index contributed by atoms with van der Waals surface area (Å²) in [4.78, 5) is 12.0. The second kappa shape index (κ2) is 6.21. The van der Waals surface area contributed by atoms with E-state index in [1.165, 1.54) is 0 Å². The van der Waals surface area contributed by atoms with Crippen molar-refractivity contribution >= 4 is 40.6 Å². The van der Waals surface area contributed by atoms with Gasteiger partial charge in [0.1, 0.15) is 5.60 Å². The number of halogens is 1. The van der Waals surface area contributed by atoms with Crippen LogP contribution >= 0.6 is 23.8 Å². The molecular weight excluding hydrogens is 284 g/mol. The molecule has 0 radical (unpaired) electrons. The molecule has 0 aliphatic heterocycles. The summed E-state index contributed by atoms with van der Waals surface area (Å²) in [6.45, 7) is 5.39. The lowest BCUT2D eigenvalue weighted by Gasteiger charge is -2.20. The van der Waals surface area contributed by atoms with Gasteiger partial charge in [0.25, 0.3) is 0 Å². The van der Waals surface area contributed by atoms with E-state index >= 15 is 0 Å². The molecule has 1 aromatic rings. The molecule has 0 aliphatic rings. The highest BCUT2D eigenvalue weighted by Gasteiger charge is 2.17. The van der Waals surface area contributed by atoms with Gasteiger partial charge in [-0.25, -0.2) is 4.79 Å². The van der Waals surface area contributed by atoms with Crippen LogP contribution in [0.15, 0.2) is 18.2 Å². The van der Waals surface area contributed by atoms with Crippen molar-refractivity contribution in [2.45, 2.75) is 32.8 Å². The van der Waals surface area contributed by atoms with Crippen LogP contribution in [0.1, 0.15) is 26.3 Å². The lowest BCUT2D eigenvalue weighted by molar-refractivity contribution is 0.0636. The summed E-state index contributed by atoms with van der Waals surface area (Å²) < 4.78 is 5.18. The van der Waals surface area contributed by atoms with E-state index in [1.807, 2.05) is 0 Å². The summed E-state index contributed by atoms with van der Waals surface area (Å²) in [6, 6.07) is 5.09. The van der Waals surface area contributed by atoms with Crippen LogP contribution < -0.4 is 11.1 Å². The van der Waals surface area contributed by atoms with Crippen molar-refractivity contribution in [3.8, 4) is 0 Å². The van der Waals surface area contributed by atoms with E-state index in [1.54, 1.807) is 39.0 Å². The second-order valence-electron chi connectivity index (χ2n) is 5.07. The van der Waals surface area contributed by atoms with Crippen molar-refractivity contribution in [2.75, 3.05) is 5.32 Å². The van der Waals surface area contributed by atoms with Crippen molar-refractivity contribution in [3.63, 3.8) is 0 Å². The molecule has 4 nitrogen and oxygen atoms in total. The average molecular weight is 301 g/mol. The molecule has 0 atom stereocenters. The van der Waals surface area contributed by atoms with Gasteiger partial charge in [-0.3, -0.25) is 5.32 Å². The summed E-state index contributed by atoms with van der Waals surface area (Å²) in [5, 5.41) is 3.22. The first-order valence-electron chi connectivity index (χ1n) is 5.74. The third-order valence-electron chi connectivity index (χ3n) is 2.07. The fourth-order valence-corrected chi connectivity index (χ4v) is 1.78. The fraction of sp³-hybridized carbons (Fsp3) is 0.385. The molecule has 0 spiro atoms. The molecule has 0 unspecified atom stereocenters. The minimum Gasteiger partial charge on any atom is -0.444 e. The minimum atomic E-state index is -0.556. The number of ether oxygens (including phenoxy) is 1. The van der Waals surface area contributed by atoms with Crippen molar-refractivity contribution in [1.29, 1.82) is 0 Å². The third kappa shape index (κ3) is 5.89. The number of amides is 1. The Morgan fingerprint density at radius 3 is 2.63 bits per heavy atom. The largest absolute Gasteiger partial charge is 0.444 e. The van der Waals surface area contributed by atoms with Crippen LogP contribution in [0.2, 0.25) is 5.02 Å². The maximum Gasteiger partial charge on any atom is 0.412 e. The highest BCUT2D eigenvalue weighted by molar-refractivity contribution is 7.80. The molecule has 0 heterocycles. The molecule has 1 aromatic carbocycles. The first-order valence-corrected chi connectivity index (χ1v) is 6.53. The molecule has 0 saturated carbocycles. The lowest BCUT2D eigenvalue weighted by Crippen LogP contribution is -2.27. The van der Waals surface area contributed by atoms with E-state index in [2.05, 4.69) is 5.32 Å². The van der Waals surface area contributed by atoms with Crippen molar-refractivity contribution < 1.29 is 9.53 Å². The quantitative estimate of drug-likeness (QED) is 0.838. The predicted molar refractivity (Wildman–Crippen MR) is 81.8 cm³/mol. The molecule has 0 aliphatic carbocycles. The van der Waals surface area contributed by atoms with E-state index in [0.717, 1.165) is 5.56 Å². The fourth-order valence-electron chi connectivity index (χ4n) is 1.43. The molecule has 0 aromatic heterocycles. The zero-order valence-electron chi connectivity index (χ0n) is 11.1. The number of hydrogen-bond acceptors (Lipinski definition) is 3. The third-order valence-corrected chi connectivity index (χ3v) is 2.45. The van der Waals surface area contributed by atoms with Gasteiger partial charge < -0.3 is 10.5 Å². The van der Waals surface area contributed by atoms with Gasteiger partial charge in [0.05, 0.1) is 4.99 Å². The summed E-state index contributed by atoms with van der Waals surface area (Å²) in [6.07, 6.45) is -0.167. The number of nitrogens with one attached hydrogen (secondary N) is 1. The van der Waals surface area contributed by atoms with Crippen LogP contribution in [0.3, 0.4) is 0 Å². The second-order valence-corrected chi connectivity index (χ2v) is 6.03. The molecule has 1 rings (SSSR count). The van der Waals surface area contributed by atoms with Crippen LogP contribution in [0.5, 0.6) is 0 Å². The lowest BCUT2D eigenvalue weighted by atomic mass is 10.1. The number of carbonyl (C=O) groups excluding carboxylic acids is 1. The molecule has 104 valence electrons. The Hall–Kier alpha value is -1.33. The van der Waals surface area contributed by atoms with Crippen LogP contribution in [0.25, 0.3) is 0 Å². The summed E-state index contributed by atoms with van der Waals surface area (Å²) >= 11 is 10.8. The standard InChI is InChI=1S/C13H17ClN2O2S/c1-13(2,3)18-12(17)16-10-5-4-9(14)6-8(10)7-11(15)19/h4-6H,7H2,1-3H3,(H2,15,19)(H,16,17). The first-order chi connectivity index (χ1) is 8.67. The van der Waals surface area contributed by atoms with Gasteiger partial charge in [0.2, 0.25) is 0 Å². The Morgan fingerprint density at radius 2 is 2.11 bits per heavy atom. The van der Waals surface area contributed by atoms with Gasteiger partial charge in [0, 0.05) is 17.1 Å². The van der Waals surface area contributed by atoms with E-state index in [0.29, 0.717) is 22.1 Å². The van der Waals surface area contributed by atoms with Gasteiger partial charge in [-0.15, -0.1) is 0 Å². The van der Waals surface area contributed by atoms with Crippen LogP contribution in [-0.4, -0.2) is 16.7 Å². The zero-order valence-corrected chi connectivity index (χ0v) is 12.7. The van der Waals surface area contributed by atoms with Gasteiger partial charge in [-0.05, 0) is 44.5 Å². The van der Waals surface area contributed by atoms with Crippen LogP contribution in [0.4, 0.5) is 10.5 Å². The number of hydrogen-bond donors (Lipinski definition) is 2. The van der Waals surface area contributed by atoms with Crippen molar-refractivity contribution in [1.82, 2.24) is 0 Å². The molecule has 1 amide bonds. The number of rotatable bonds is 3. The molecule has 6 heteroatoms. The Labute approximate surface area is 123 Å². The normalized spacial score (nSPS) is 10.9. The number of nitrogens with two attached hydrogens (primary N) is 1. The maximum absolute atomic E-state index is 11.7. The Kier molecular flexibility index (Phi) is 5.14. The van der Waals surface area contributed by atoms with E-state index in [4.69, 9.17) is 34.3 Å². The SMILES string of the molecule is CC(C)(C)OC(=O)Nc1ccc(Cl)cc1CC(N)=S. The molecule has 0 fully saturated rings.